The highest BCUT2D eigenvalue weighted by Crippen LogP contribution is 2.46. The van der Waals surface area contributed by atoms with Gasteiger partial charge in [0.05, 0.1) is 16.1 Å². The van der Waals surface area contributed by atoms with Gasteiger partial charge in [0.25, 0.3) is 0 Å². The zero-order valence-corrected chi connectivity index (χ0v) is 21.5. The summed E-state index contributed by atoms with van der Waals surface area (Å²) in [7, 11) is -3.42. The molecule has 28 heavy (non-hydrogen) atoms. The first-order valence-electron chi connectivity index (χ1n) is 10.1. The Morgan fingerprint density at radius 1 is 1.04 bits per heavy atom. The number of ether oxygens (including phenoxy) is 1. The first-order valence-corrected chi connectivity index (χ1v) is 17.5. The van der Waals surface area contributed by atoms with Crippen LogP contribution >= 0.6 is 11.3 Å². The lowest BCUT2D eigenvalue weighted by atomic mass is 10.2. The minimum atomic E-state index is -1.88. The molecule has 1 aliphatic carbocycles. The van der Waals surface area contributed by atoms with Crippen molar-refractivity contribution in [2.24, 2.45) is 0 Å². The molecule has 1 heterocycles. The molecule has 0 bridgehead atoms. The van der Waals surface area contributed by atoms with Gasteiger partial charge < -0.3 is 4.74 Å². The molecule has 1 aromatic carbocycles. The van der Waals surface area contributed by atoms with Crippen LogP contribution in [-0.2, 0) is 0 Å². The van der Waals surface area contributed by atoms with Crippen LogP contribution < -0.4 is 15.1 Å². The summed E-state index contributed by atoms with van der Waals surface area (Å²) in [4.78, 5) is 2.98. The summed E-state index contributed by atoms with van der Waals surface area (Å²) in [5, 5.41) is 2.93. The van der Waals surface area contributed by atoms with Crippen molar-refractivity contribution in [3.05, 3.63) is 57.3 Å². The molecular weight excluding hydrogens is 393 g/mol. The molecule has 0 fully saturated rings. The van der Waals surface area contributed by atoms with E-state index in [4.69, 9.17) is 4.74 Å². The predicted molar refractivity (Wildman–Crippen MR) is 132 cm³/mol. The molecule has 4 heteroatoms. The van der Waals surface area contributed by atoms with Crippen molar-refractivity contribution >= 4 is 43.9 Å². The number of hydrogen-bond acceptors (Lipinski definition) is 2. The number of allylic oxidation sites excluding steroid dienone is 1. The van der Waals surface area contributed by atoms with Gasteiger partial charge in [0.15, 0.2) is 0 Å². The molecule has 0 amide bonds. The normalized spacial score (nSPS) is 16.7. The zero-order chi connectivity index (χ0) is 20.9. The van der Waals surface area contributed by atoms with Gasteiger partial charge in [-0.1, -0.05) is 74.7 Å². The van der Waals surface area contributed by atoms with Gasteiger partial charge in [-0.3, -0.25) is 0 Å². The van der Waals surface area contributed by atoms with E-state index in [1.807, 2.05) is 17.4 Å². The second-order valence-electron chi connectivity index (χ2n) is 9.76. The molecular formula is C24H34OSSi2. The molecule has 1 unspecified atom stereocenters. The van der Waals surface area contributed by atoms with Crippen molar-refractivity contribution in [3.8, 4) is 5.75 Å². The molecule has 1 aliphatic rings. The molecule has 0 N–H and O–H groups in total. The van der Waals surface area contributed by atoms with Gasteiger partial charge in [-0.2, -0.15) is 0 Å². The fourth-order valence-corrected chi connectivity index (χ4v) is 12.1. The second kappa shape index (κ2) is 7.47. The molecule has 1 atom stereocenters. The van der Waals surface area contributed by atoms with Crippen LogP contribution in [0.1, 0.15) is 33.3 Å². The van der Waals surface area contributed by atoms with Crippen molar-refractivity contribution in [2.75, 3.05) is 6.61 Å². The van der Waals surface area contributed by atoms with E-state index in [-0.39, 0.29) is 0 Å². The van der Waals surface area contributed by atoms with Crippen molar-refractivity contribution in [1.82, 2.24) is 0 Å². The summed E-state index contributed by atoms with van der Waals surface area (Å²) in [5.74, 6) is 1.16. The van der Waals surface area contributed by atoms with Gasteiger partial charge in [-0.25, -0.2) is 0 Å². The van der Waals surface area contributed by atoms with Crippen LogP contribution in [0.5, 0.6) is 5.75 Å². The van der Waals surface area contributed by atoms with Crippen LogP contribution in [0.15, 0.2) is 36.4 Å². The first kappa shape index (κ1) is 21.3. The number of benzene rings is 1. The molecule has 0 saturated carbocycles. The van der Waals surface area contributed by atoms with Gasteiger partial charge in [-0.15, -0.1) is 11.3 Å². The summed E-state index contributed by atoms with van der Waals surface area (Å²) >= 11 is 1.98. The number of fused-ring (bicyclic) bond motifs is 1. The molecule has 0 saturated heterocycles. The lowest BCUT2D eigenvalue weighted by molar-refractivity contribution is 0.368. The standard InChI is InChI=1S/C24H34OSSi2/c1-10-11-25-22-20(27(5,6)7)12-16(2)13-21(22)28(8,9)24-17(3)14-19-15-18(4)26-23(19)24/h10,12-15,24H,1,11H2,2-9H3. The maximum absolute atomic E-state index is 6.41. The molecule has 0 spiro atoms. The number of rotatable bonds is 6. The van der Waals surface area contributed by atoms with Crippen LogP contribution in [0.3, 0.4) is 0 Å². The third-order valence-corrected chi connectivity index (χ3v) is 13.1. The van der Waals surface area contributed by atoms with Crippen LogP contribution in [-0.4, -0.2) is 22.8 Å². The number of thiophene rings is 1. The van der Waals surface area contributed by atoms with Gasteiger partial charge in [0, 0.05) is 15.3 Å². The fourth-order valence-electron chi connectivity index (χ4n) is 4.58. The van der Waals surface area contributed by atoms with E-state index >= 15 is 0 Å². The monoisotopic (exact) mass is 426 g/mol. The highest BCUT2D eigenvalue weighted by Gasteiger charge is 2.43. The average Bonchev–Trinajstić information content (AvgIpc) is 3.06. The Morgan fingerprint density at radius 3 is 2.29 bits per heavy atom. The molecule has 0 aliphatic heterocycles. The van der Waals surface area contributed by atoms with Gasteiger partial charge in [-0.05, 0) is 42.8 Å². The summed E-state index contributed by atoms with van der Waals surface area (Å²) in [5.41, 5.74) is 4.85. The summed E-state index contributed by atoms with van der Waals surface area (Å²) < 4.78 is 6.41. The van der Waals surface area contributed by atoms with E-state index in [0.717, 1.165) is 5.75 Å². The average molecular weight is 427 g/mol. The Kier molecular flexibility index (Phi) is 5.69. The summed E-state index contributed by atoms with van der Waals surface area (Å²) in [6.45, 7) is 23.6. The topological polar surface area (TPSA) is 9.23 Å². The lowest BCUT2D eigenvalue weighted by Gasteiger charge is -2.35. The number of aryl methyl sites for hydroxylation is 2. The minimum Gasteiger partial charge on any atom is -0.490 e. The highest BCUT2D eigenvalue weighted by atomic mass is 32.1. The van der Waals surface area contributed by atoms with Crippen molar-refractivity contribution in [3.63, 3.8) is 0 Å². The van der Waals surface area contributed by atoms with Crippen LogP contribution in [0.4, 0.5) is 0 Å². The molecule has 2 aromatic rings. The van der Waals surface area contributed by atoms with Crippen molar-refractivity contribution in [1.29, 1.82) is 0 Å². The summed E-state index contributed by atoms with van der Waals surface area (Å²) in [6, 6.07) is 7.14. The molecule has 1 aromatic heterocycles. The lowest BCUT2D eigenvalue weighted by Crippen LogP contribution is -2.52. The first-order chi connectivity index (χ1) is 13.0. The maximum Gasteiger partial charge on any atom is 0.118 e. The highest BCUT2D eigenvalue weighted by molar-refractivity contribution is 7.13. The Morgan fingerprint density at radius 2 is 1.68 bits per heavy atom. The van der Waals surface area contributed by atoms with E-state index in [1.54, 1.807) is 4.88 Å². The Bertz CT molecular complexity index is 944. The number of hydrogen-bond donors (Lipinski definition) is 0. The van der Waals surface area contributed by atoms with Crippen molar-refractivity contribution < 1.29 is 4.74 Å². The Balaban J connectivity index is 2.22. The van der Waals surface area contributed by atoms with Crippen LogP contribution in [0.2, 0.25) is 32.7 Å². The molecule has 150 valence electrons. The smallest absolute Gasteiger partial charge is 0.118 e. The van der Waals surface area contributed by atoms with E-state index in [0.29, 0.717) is 12.1 Å². The molecule has 1 nitrogen and oxygen atoms in total. The van der Waals surface area contributed by atoms with Gasteiger partial charge in [0.1, 0.15) is 12.4 Å². The Labute approximate surface area is 177 Å². The maximum atomic E-state index is 6.41. The van der Waals surface area contributed by atoms with E-state index in [9.17, 15) is 0 Å². The molecule has 3 rings (SSSR count). The van der Waals surface area contributed by atoms with Gasteiger partial charge in [0.2, 0.25) is 0 Å². The van der Waals surface area contributed by atoms with Crippen LogP contribution in [0, 0.1) is 13.8 Å². The predicted octanol–water partition coefficient (Wildman–Crippen LogP) is 6.13. The van der Waals surface area contributed by atoms with Crippen molar-refractivity contribution in [2.45, 2.75) is 59.0 Å². The fraction of sp³-hybridized carbons (Fsp3) is 0.417. The van der Waals surface area contributed by atoms with Crippen LogP contribution in [0.25, 0.3) is 6.08 Å². The minimum absolute atomic E-state index is 0.531. The SMILES string of the molecule is C=CCOc1c([Si](C)(C)C)cc(C)cc1[Si](C)(C)C1C(C)=Cc2cc(C)sc21. The second-order valence-corrected chi connectivity index (χ2v) is 20.6. The quantitative estimate of drug-likeness (QED) is 0.399. The third kappa shape index (κ3) is 3.74. The van der Waals surface area contributed by atoms with E-state index in [1.165, 1.54) is 32.0 Å². The van der Waals surface area contributed by atoms with E-state index < -0.39 is 16.1 Å². The molecule has 0 radical (unpaired) electrons. The largest absolute Gasteiger partial charge is 0.490 e. The van der Waals surface area contributed by atoms with Gasteiger partial charge >= 0.3 is 0 Å². The summed E-state index contributed by atoms with van der Waals surface area (Å²) in [6.07, 6.45) is 4.28. The zero-order valence-electron chi connectivity index (χ0n) is 18.7. The van der Waals surface area contributed by atoms with E-state index in [2.05, 4.69) is 84.4 Å². The third-order valence-electron chi connectivity index (χ3n) is 5.82. The Hall–Kier alpha value is -1.37.